The van der Waals surface area contributed by atoms with E-state index >= 15 is 0 Å². The van der Waals surface area contributed by atoms with E-state index in [1.54, 1.807) is 0 Å². The Hall–Kier alpha value is -1.06. The van der Waals surface area contributed by atoms with Crippen LogP contribution in [0.2, 0.25) is 5.02 Å². The van der Waals surface area contributed by atoms with E-state index in [2.05, 4.69) is 5.32 Å². The zero-order valence-electron chi connectivity index (χ0n) is 8.66. The van der Waals surface area contributed by atoms with Gasteiger partial charge in [0.1, 0.15) is 0 Å². The van der Waals surface area contributed by atoms with Crippen LogP contribution in [0.15, 0.2) is 24.3 Å². The maximum atomic E-state index is 10.8. The molecule has 1 aromatic carbocycles. The molecule has 0 heterocycles. The summed E-state index contributed by atoms with van der Waals surface area (Å²) in [4.78, 5) is 10.8. The summed E-state index contributed by atoms with van der Waals surface area (Å²) in [6.07, 6.45) is 0. The van der Waals surface area contributed by atoms with Gasteiger partial charge in [-0.1, -0.05) is 23.7 Å². The third-order valence-corrected chi connectivity index (χ3v) is 2.48. The van der Waals surface area contributed by atoms with Gasteiger partial charge in [-0.05, 0) is 17.7 Å². The molecule has 3 N–H and O–H groups in total. The third-order valence-electron chi connectivity index (χ3n) is 2.22. The van der Waals surface area contributed by atoms with Gasteiger partial charge in [-0.25, -0.2) is 0 Å². The highest BCUT2D eigenvalue weighted by molar-refractivity contribution is 6.30. The van der Waals surface area contributed by atoms with Gasteiger partial charge < -0.3 is 11.1 Å². The van der Waals surface area contributed by atoms with Gasteiger partial charge in [-0.3, -0.25) is 4.79 Å². The maximum absolute atomic E-state index is 10.8. The van der Waals surface area contributed by atoms with E-state index < -0.39 is 0 Å². The molecular formula is C11H15ClN2O. The van der Waals surface area contributed by atoms with Gasteiger partial charge in [0.25, 0.3) is 0 Å². The van der Waals surface area contributed by atoms with Crippen LogP contribution in [-0.2, 0) is 4.79 Å². The predicted molar refractivity (Wildman–Crippen MR) is 61.9 cm³/mol. The Bertz CT molecular complexity index is 324. The molecule has 3 nitrogen and oxygen atoms in total. The van der Waals surface area contributed by atoms with Crippen LogP contribution in [0.4, 0.5) is 0 Å². The molecule has 0 aliphatic rings. The Kier molecular flexibility index (Phi) is 4.59. The fraction of sp³-hybridized carbons (Fsp3) is 0.364. The van der Waals surface area contributed by atoms with Gasteiger partial charge in [0.05, 0.1) is 0 Å². The fourth-order valence-electron chi connectivity index (χ4n) is 1.34. The number of hydrogen-bond donors (Lipinski definition) is 2. The lowest BCUT2D eigenvalue weighted by Gasteiger charge is -2.15. The molecule has 0 saturated heterocycles. The summed E-state index contributed by atoms with van der Waals surface area (Å²) in [5.41, 5.74) is 6.74. The summed E-state index contributed by atoms with van der Waals surface area (Å²) in [6.45, 7) is 2.56. The molecule has 1 atom stereocenters. The van der Waals surface area contributed by atoms with Gasteiger partial charge in [-0.15, -0.1) is 0 Å². The molecule has 15 heavy (non-hydrogen) atoms. The highest BCUT2D eigenvalue weighted by Crippen LogP contribution is 2.16. The van der Waals surface area contributed by atoms with Crippen molar-refractivity contribution in [1.29, 1.82) is 0 Å². The van der Waals surface area contributed by atoms with E-state index in [-0.39, 0.29) is 11.8 Å². The lowest BCUT2D eigenvalue weighted by Crippen LogP contribution is -2.29. The second-order valence-corrected chi connectivity index (χ2v) is 3.86. The molecule has 1 aromatic rings. The van der Waals surface area contributed by atoms with Crippen molar-refractivity contribution in [3.05, 3.63) is 34.9 Å². The molecule has 0 spiro atoms. The summed E-state index contributed by atoms with van der Waals surface area (Å²) in [5, 5.41) is 3.46. The number of amides is 1. The van der Waals surface area contributed by atoms with E-state index in [1.807, 2.05) is 24.3 Å². The minimum atomic E-state index is -0.0394. The number of nitrogens with one attached hydrogen (secondary N) is 1. The number of hydrogen-bond acceptors (Lipinski definition) is 2. The van der Waals surface area contributed by atoms with E-state index in [9.17, 15) is 4.79 Å². The first-order chi connectivity index (χ1) is 7.13. The maximum Gasteiger partial charge on any atom is 0.216 e. The molecule has 0 saturated carbocycles. The fourth-order valence-corrected chi connectivity index (χ4v) is 1.47. The molecule has 0 bridgehead atoms. The number of carbonyl (C=O) groups excluding carboxylic acids is 1. The highest BCUT2D eigenvalue weighted by Gasteiger charge is 2.09. The summed E-state index contributed by atoms with van der Waals surface area (Å²) < 4.78 is 0. The second kappa shape index (κ2) is 5.73. The topological polar surface area (TPSA) is 55.1 Å². The first kappa shape index (κ1) is 12.0. The van der Waals surface area contributed by atoms with E-state index in [0.717, 1.165) is 5.56 Å². The zero-order valence-corrected chi connectivity index (χ0v) is 9.42. The molecule has 0 fully saturated rings. The van der Waals surface area contributed by atoms with Crippen molar-refractivity contribution >= 4 is 17.5 Å². The van der Waals surface area contributed by atoms with Gasteiger partial charge in [0.2, 0.25) is 5.91 Å². The molecular weight excluding hydrogens is 212 g/mol. The van der Waals surface area contributed by atoms with Gasteiger partial charge in [0.15, 0.2) is 0 Å². The Morgan fingerprint density at radius 3 is 2.53 bits per heavy atom. The minimum Gasteiger partial charge on any atom is -0.356 e. The van der Waals surface area contributed by atoms with Crippen molar-refractivity contribution in [2.45, 2.75) is 12.8 Å². The number of nitrogens with two attached hydrogens (primary N) is 1. The van der Waals surface area contributed by atoms with Crippen molar-refractivity contribution in [3.63, 3.8) is 0 Å². The highest BCUT2D eigenvalue weighted by atomic mass is 35.5. The third kappa shape index (κ3) is 3.90. The van der Waals surface area contributed by atoms with Crippen molar-refractivity contribution in [3.8, 4) is 0 Å². The largest absolute Gasteiger partial charge is 0.356 e. The minimum absolute atomic E-state index is 0.0394. The molecule has 0 aliphatic carbocycles. The van der Waals surface area contributed by atoms with Gasteiger partial charge >= 0.3 is 0 Å². The van der Waals surface area contributed by atoms with Crippen molar-refractivity contribution in [1.82, 2.24) is 5.32 Å². The van der Waals surface area contributed by atoms with Crippen molar-refractivity contribution in [2.75, 3.05) is 13.1 Å². The molecule has 0 aliphatic heterocycles. The first-order valence-electron chi connectivity index (χ1n) is 4.83. The summed E-state index contributed by atoms with van der Waals surface area (Å²) in [6, 6.07) is 7.52. The summed E-state index contributed by atoms with van der Waals surface area (Å²) in [7, 11) is 0. The van der Waals surface area contributed by atoms with Crippen LogP contribution in [0.1, 0.15) is 18.4 Å². The zero-order chi connectivity index (χ0) is 11.3. The Morgan fingerprint density at radius 1 is 1.47 bits per heavy atom. The number of halogens is 1. The van der Waals surface area contributed by atoms with Crippen LogP contribution >= 0.6 is 11.6 Å². The van der Waals surface area contributed by atoms with Crippen molar-refractivity contribution in [2.24, 2.45) is 5.73 Å². The normalized spacial score (nSPS) is 12.2. The first-order valence-corrected chi connectivity index (χ1v) is 5.21. The summed E-state index contributed by atoms with van der Waals surface area (Å²) in [5.74, 6) is 0.105. The molecule has 4 heteroatoms. The van der Waals surface area contributed by atoms with Crippen LogP contribution in [-0.4, -0.2) is 19.0 Å². The SMILES string of the molecule is CC(=O)NCC(CN)c1ccc(Cl)cc1. The predicted octanol–water partition coefficient (Wildman–Crippen LogP) is 1.52. The molecule has 1 unspecified atom stereocenters. The van der Waals surface area contributed by atoms with Gasteiger partial charge in [-0.2, -0.15) is 0 Å². The molecule has 82 valence electrons. The standard InChI is InChI=1S/C11H15ClN2O/c1-8(15)14-7-10(6-13)9-2-4-11(12)5-3-9/h2-5,10H,6-7,13H2,1H3,(H,14,15). The van der Waals surface area contributed by atoms with Crippen LogP contribution in [0, 0.1) is 0 Å². The average molecular weight is 227 g/mol. The van der Waals surface area contributed by atoms with Gasteiger partial charge in [0, 0.05) is 31.0 Å². The monoisotopic (exact) mass is 226 g/mol. The van der Waals surface area contributed by atoms with Crippen LogP contribution < -0.4 is 11.1 Å². The lowest BCUT2D eigenvalue weighted by molar-refractivity contribution is -0.119. The lowest BCUT2D eigenvalue weighted by atomic mass is 9.99. The van der Waals surface area contributed by atoms with E-state index in [0.29, 0.717) is 18.1 Å². The van der Waals surface area contributed by atoms with E-state index in [1.165, 1.54) is 6.92 Å². The molecule has 0 radical (unpaired) electrons. The van der Waals surface area contributed by atoms with E-state index in [4.69, 9.17) is 17.3 Å². The molecule has 0 aromatic heterocycles. The summed E-state index contributed by atoms with van der Waals surface area (Å²) >= 11 is 5.79. The number of rotatable bonds is 4. The smallest absolute Gasteiger partial charge is 0.216 e. The average Bonchev–Trinajstić information content (AvgIpc) is 2.21. The van der Waals surface area contributed by atoms with Crippen molar-refractivity contribution < 1.29 is 4.79 Å². The second-order valence-electron chi connectivity index (χ2n) is 3.42. The number of carbonyl (C=O) groups is 1. The Balaban J connectivity index is 2.65. The quantitative estimate of drug-likeness (QED) is 0.818. The molecule has 1 amide bonds. The Labute approximate surface area is 94.6 Å². The molecule has 1 rings (SSSR count). The van der Waals surface area contributed by atoms with Crippen LogP contribution in [0.25, 0.3) is 0 Å². The number of benzene rings is 1. The van der Waals surface area contributed by atoms with Crippen LogP contribution in [0.3, 0.4) is 0 Å². The van der Waals surface area contributed by atoms with Crippen LogP contribution in [0.5, 0.6) is 0 Å². The Morgan fingerprint density at radius 2 is 2.07 bits per heavy atom.